The van der Waals surface area contributed by atoms with Gasteiger partial charge in [0.1, 0.15) is 11.5 Å². The first-order valence-corrected chi connectivity index (χ1v) is 7.60. The monoisotopic (exact) mass is 340 g/mol. The van der Waals surface area contributed by atoms with Gasteiger partial charge in [-0.3, -0.25) is 4.98 Å². The number of hydrogen-bond acceptors (Lipinski definition) is 6. The van der Waals surface area contributed by atoms with Crippen molar-refractivity contribution in [2.45, 2.75) is 5.92 Å². The predicted molar refractivity (Wildman–Crippen MR) is 85.1 cm³/mol. The molecule has 0 atom stereocenters. The lowest BCUT2D eigenvalue weighted by Gasteiger charge is -2.36. The number of amides is 2. The van der Waals surface area contributed by atoms with Crippen molar-refractivity contribution in [3.05, 3.63) is 54.6 Å². The van der Waals surface area contributed by atoms with Crippen molar-refractivity contribution in [3.63, 3.8) is 0 Å². The number of carbonyl (C=O) groups is 1. The number of rotatable bonds is 3. The molecule has 1 aliphatic rings. The second-order valence-electron chi connectivity index (χ2n) is 5.59. The molecule has 3 aromatic rings. The van der Waals surface area contributed by atoms with Gasteiger partial charge in [-0.15, -0.1) is 0 Å². The van der Waals surface area contributed by atoms with E-state index in [0.29, 0.717) is 36.2 Å². The molecule has 2 aromatic heterocycles. The highest BCUT2D eigenvalue weighted by atomic mass is 19.1. The molecule has 2 amide bonds. The third kappa shape index (κ3) is 3.16. The van der Waals surface area contributed by atoms with Crippen LogP contribution in [0.15, 0.2) is 47.4 Å². The average molecular weight is 340 g/mol. The maximum atomic E-state index is 12.9. The van der Waals surface area contributed by atoms with Crippen molar-refractivity contribution >= 4 is 11.7 Å². The van der Waals surface area contributed by atoms with E-state index in [1.807, 2.05) is 0 Å². The Balaban J connectivity index is 1.35. The highest BCUT2D eigenvalue weighted by Crippen LogP contribution is 2.27. The van der Waals surface area contributed by atoms with Crippen LogP contribution in [0.3, 0.4) is 0 Å². The van der Waals surface area contributed by atoms with Crippen LogP contribution < -0.4 is 5.32 Å². The lowest BCUT2D eigenvalue weighted by atomic mass is 10.0. The van der Waals surface area contributed by atoms with Gasteiger partial charge >= 0.3 is 6.03 Å². The highest BCUT2D eigenvalue weighted by molar-refractivity contribution is 5.89. The second kappa shape index (κ2) is 6.27. The topological polar surface area (TPSA) is 97.0 Å². The minimum absolute atomic E-state index is 0.0168. The summed E-state index contributed by atoms with van der Waals surface area (Å²) in [5, 5.41) is 6.60. The minimum Gasteiger partial charge on any atom is -0.338 e. The Morgan fingerprint density at radius 3 is 2.76 bits per heavy atom. The van der Waals surface area contributed by atoms with Crippen LogP contribution >= 0.6 is 0 Å². The number of carbonyl (C=O) groups excluding carboxylic acids is 1. The summed E-state index contributed by atoms with van der Waals surface area (Å²) < 4.78 is 18.1. The van der Waals surface area contributed by atoms with Crippen molar-refractivity contribution in [2.75, 3.05) is 18.4 Å². The first-order chi connectivity index (χ1) is 12.2. The lowest BCUT2D eigenvalue weighted by Crippen LogP contribution is -2.50. The molecule has 1 N–H and O–H groups in total. The van der Waals surface area contributed by atoms with E-state index in [1.54, 1.807) is 23.5 Å². The van der Waals surface area contributed by atoms with Crippen molar-refractivity contribution in [2.24, 2.45) is 0 Å². The van der Waals surface area contributed by atoms with Crippen LogP contribution in [-0.2, 0) is 0 Å². The molecular weight excluding hydrogens is 327 g/mol. The largest absolute Gasteiger partial charge is 0.338 e. The predicted octanol–water partition coefficient (Wildman–Crippen LogP) is 2.30. The summed E-state index contributed by atoms with van der Waals surface area (Å²) >= 11 is 0. The van der Waals surface area contributed by atoms with Crippen LogP contribution in [0.4, 0.5) is 14.9 Å². The van der Waals surface area contributed by atoms with Crippen molar-refractivity contribution in [1.29, 1.82) is 0 Å². The normalized spacial score (nSPS) is 14.2. The molecule has 1 fully saturated rings. The molecule has 25 heavy (non-hydrogen) atoms. The summed E-state index contributed by atoms with van der Waals surface area (Å²) in [6.07, 6.45) is 4.67. The molecule has 9 heteroatoms. The molecule has 1 aliphatic heterocycles. The van der Waals surface area contributed by atoms with Crippen molar-refractivity contribution in [1.82, 2.24) is 25.0 Å². The first-order valence-electron chi connectivity index (χ1n) is 7.60. The Kier molecular flexibility index (Phi) is 3.81. The SMILES string of the molecule is O=C(Nc1ccc(F)cc1)N1CC(c2nc(-c3cnccn3)no2)C1. The Morgan fingerprint density at radius 1 is 1.24 bits per heavy atom. The number of nitrogens with zero attached hydrogens (tertiary/aromatic N) is 5. The number of aromatic nitrogens is 4. The summed E-state index contributed by atoms with van der Waals surface area (Å²) in [5.41, 5.74) is 1.07. The van der Waals surface area contributed by atoms with E-state index in [4.69, 9.17) is 4.52 Å². The fourth-order valence-corrected chi connectivity index (χ4v) is 2.46. The van der Waals surface area contributed by atoms with E-state index < -0.39 is 0 Å². The maximum Gasteiger partial charge on any atom is 0.321 e. The van der Waals surface area contributed by atoms with Crippen LogP contribution in [0, 0.1) is 5.82 Å². The fourth-order valence-electron chi connectivity index (χ4n) is 2.46. The minimum atomic E-state index is -0.350. The first kappa shape index (κ1) is 15.2. The Morgan fingerprint density at radius 2 is 2.04 bits per heavy atom. The molecule has 4 rings (SSSR count). The summed E-state index contributed by atoms with van der Waals surface area (Å²) in [6.45, 7) is 0.935. The van der Waals surface area contributed by atoms with Crippen LogP contribution in [0.1, 0.15) is 11.8 Å². The molecule has 0 bridgehead atoms. The molecule has 1 saturated heterocycles. The van der Waals surface area contributed by atoms with Crippen LogP contribution in [0.25, 0.3) is 11.5 Å². The van der Waals surface area contributed by atoms with Gasteiger partial charge in [-0.2, -0.15) is 4.98 Å². The molecule has 0 aliphatic carbocycles. The third-order valence-corrected chi connectivity index (χ3v) is 3.85. The summed E-state index contributed by atoms with van der Waals surface area (Å²) in [5.74, 6) is 0.470. The zero-order valence-electron chi connectivity index (χ0n) is 13.0. The molecule has 3 heterocycles. The number of urea groups is 1. The van der Waals surface area contributed by atoms with Gasteiger partial charge < -0.3 is 14.7 Å². The average Bonchev–Trinajstić information content (AvgIpc) is 3.06. The van der Waals surface area contributed by atoms with Gasteiger partial charge in [-0.05, 0) is 24.3 Å². The van der Waals surface area contributed by atoms with Gasteiger partial charge in [0.15, 0.2) is 0 Å². The Bertz CT molecular complexity index is 877. The maximum absolute atomic E-state index is 12.9. The standard InChI is InChI=1S/C16H13FN6O2/c17-11-1-3-12(4-2-11)20-16(24)23-8-10(9-23)15-21-14(22-25-15)13-7-18-5-6-19-13/h1-7,10H,8-9H2,(H,20,24). The number of nitrogens with one attached hydrogen (secondary N) is 1. The van der Waals surface area contributed by atoms with Gasteiger partial charge in [-0.1, -0.05) is 5.16 Å². The number of halogens is 1. The van der Waals surface area contributed by atoms with Gasteiger partial charge in [-0.25, -0.2) is 14.2 Å². The van der Waals surface area contributed by atoms with Gasteiger partial charge in [0, 0.05) is 31.2 Å². The van der Waals surface area contributed by atoms with Crippen LogP contribution in [0.2, 0.25) is 0 Å². The van der Waals surface area contributed by atoms with E-state index in [0.717, 1.165) is 0 Å². The van der Waals surface area contributed by atoms with Gasteiger partial charge in [0.2, 0.25) is 11.7 Å². The molecule has 0 unspecified atom stereocenters. The van der Waals surface area contributed by atoms with Crippen LogP contribution in [-0.4, -0.2) is 44.1 Å². The quantitative estimate of drug-likeness (QED) is 0.786. The van der Waals surface area contributed by atoms with Crippen molar-refractivity contribution < 1.29 is 13.7 Å². The van der Waals surface area contributed by atoms with Gasteiger partial charge in [0.05, 0.1) is 12.1 Å². The summed E-state index contributed by atoms with van der Waals surface area (Å²) in [6, 6.07) is 5.35. The molecular formula is C16H13FN6O2. The number of hydrogen-bond donors (Lipinski definition) is 1. The van der Waals surface area contributed by atoms with Crippen molar-refractivity contribution in [3.8, 4) is 11.5 Å². The molecule has 0 radical (unpaired) electrons. The number of anilines is 1. The van der Waals surface area contributed by atoms with E-state index in [2.05, 4.69) is 25.4 Å². The summed E-state index contributed by atoms with van der Waals surface area (Å²) in [7, 11) is 0. The zero-order chi connectivity index (χ0) is 17.2. The smallest absolute Gasteiger partial charge is 0.321 e. The molecule has 0 spiro atoms. The molecule has 8 nitrogen and oxygen atoms in total. The van der Waals surface area contributed by atoms with Crippen LogP contribution in [0.5, 0.6) is 0 Å². The van der Waals surface area contributed by atoms with E-state index in [1.165, 1.54) is 24.3 Å². The van der Waals surface area contributed by atoms with E-state index in [9.17, 15) is 9.18 Å². The highest BCUT2D eigenvalue weighted by Gasteiger charge is 2.35. The molecule has 126 valence electrons. The lowest BCUT2D eigenvalue weighted by molar-refractivity contribution is 0.147. The number of benzene rings is 1. The van der Waals surface area contributed by atoms with Gasteiger partial charge in [0.25, 0.3) is 0 Å². The fraction of sp³-hybridized carbons (Fsp3) is 0.188. The molecule has 0 saturated carbocycles. The zero-order valence-corrected chi connectivity index (χ0v) is 13.0. The summed E-state index contributed by atoms with van der Waals surface area (Å²) in [4.78, 5) is 26.1. The van der Waals surface area contributed by atoms with E-state index in [-0.39, 0.29) is 17.8 Å². The second-order valence-corrected chi connectivity index (χ2v) is 5.59. The Hall–Kier alpha value is -3.36. The Labute approximate surface area is 141 Å². The van der Waals surface area contributed by atoms with E-state index >= 15 is 0 Å². The molecule has 1 aromatic carbocycles. The number of likely N-dealkylation sites (tertiary alicyclic amines) is 1. The third-order valence-electron chi connectivity index (χ3n) is 3.85.